The lowest BCUT2D eigenvalue weighted by atomic mass is 9.95. The maximum Gasteiger partial charge on any atom is 0.251 e. The number of aliphatic hydroxyl groups excluding tert-OH is 1. The second kappa shape index (κ2) is 4.69. The largest absolute Gasteiger partial charge is 0.498 e. The molecule has 4 nitrogen and oxygen atoms in total. The van der Waals surface area contributed by atoms with Gasteiger partial charge in [0.2, 0.25) is 0 Å². The highest BCUT2D eigenvalue weighted by molar-refractivity contribution is 5.94. The van der Waals surface area contributed by atoms with Crippen molar-refractivity contribution in [2.75, 3.05) is 13.2 Å². The Bertz CT molecular complexity index is 347. The monoisotopic (exact) mass is 239 g/mol. The quantitative estimate of drug-likeness (QED) is 0.778. The first-order chi connectivity index (χ1) is 8.07. The van der Waals surface area contributed by atoms with Gasteiger partial charge in [0.05, 0.1) is 24.3 Å². The molecule has 17 heavy (non-hydrogen) atoms. The summed E-state index contributed by atoms with van der Waals surface area (Å²) < 4.78 is 5.39. The maximum absolute atomic E-state index is 12.2. The number of carbonyl (C=O) groups is 1. The average molecular weight is 239 g/mol. The number of nitrogens with one attached hydrogen (secondary N) is 1. The van der Waals surface area contributed by atoms with E-state index in [9.17, 15) is 9.90 Å². The molecule has 4 heteroatoms. The molecular formula is C13H21NO3. The molecule has 1 aliphatic heterocycles. The van der Waals surface area contributed by atoms with Crippen LogP contribution in [-0.4, -0.2) is 29.8 Å². The Hall–Kier alpha value is -1.03. The van der Waals surface area contributed by atoms with E-state index in [-0.39, 0.29) is 12.5 Å². The van der Waals surface area contributed by atoms with Gasteiger partial charge in [-0.25, -0.2) is 0 Å². The summed E-state index contributed by atoms with van der Waals surface area (Å²) in [6.45, 7) is 4.45. The second-order valence-electron chi connectivity index (χ2n) is 5.29. The topological polar surface area (TPSA) is 58.6 Å². The van der Waals surface area contributed by atoms with Gasteiger partial charge >= 0.3 is 0 Å². The molecule has 0 saturated heterocycles. The highest BCUT2D eigenvalue weighted by atomic mass is 16.5. The number of hydrogen-bond donors (Lipinski definition) is 2. The van der Waals surface area contributed by atoms with Crippen molar-refractivity contribution in [2.45, 2.75) is 45.1 Å². The van der Waals surface area contributed by atoms with Crippen LogP contribution in [0.1, 0.15) is 39.5 Å². The van der Waals surface area contributed by atoms with Crippen molar-refractivity contribution in [3.8, 4) is 0 Å². The van der Waals surface area contributed by atoms with Gasteiger partial charge in [0, 0.05) is 0 Å². The summed E-state index contributed by atoms with van der Waals surface area (Å²) in [6.07, 6.45) is 3.83. The Kier molecular flexibility index (Phi) is 3.43. The fourth-order valence-electron chi connectivity index (χ4n) is 2.34. The van der Waals surface area contributed by atoms with E-state index in [1.807, 2.05) is 13.8 Å². The van der Waals surface area contributed by atoms with E-state index in [1.165, 1.54) is 0 Å². The van der Waals surface area contributed by atoms with E-state index in [0.717, 1.165) is 37.0 Å². The van der Waals surface area contributed by atoms with Gasteiger partial charge in [-0.2, -0.15) is 0 Å². The summed E-state index contributed by atoms with van der Waals surface area (Å²) in [6, 6.07) is 0. The van der Waals surface area contributed by atoms with E-state index >= 15 is 0 Å². The Morgan fingerprint density at radius 3 is 2.82 bits per heavy atom. The van der Waals surface area contributed by atoms with Crippen molar-refractivity contribution in [3.05, 3.63) is 11.3 Å². The first-order valence-corrected chi connectivity index (χ1v) is 6.33. The number of amides is 1. The first-order valence-electron chi connectivity index (χ1n) is 6.33. The van der Waals surface area contributed by atoms with Crippen LogP contribution in [0.4, 0.5) is 0 Å². The van der Waals surface area contributed by atoms with E-state index < -0.39 is 5.54 Å². The molecule has 1 amide bonds. The number of carbonyl (C=O) groups excluding carboxylic acids is 1. The molecule has 1 aliphatic carbocycles. The van der Waals surface area contributed by atoms with Crippen LogP contribution in [-0.2, 0) is 9.53 Å². The van der Waals surface area contributed by atoms with E-state index in [4.69, 9.17) is 4.74 Å². The van der Waals surface area contributed by atoms with E-state index in [2.05, 4.69) is 5.32 Å². The van der Waals surface area contributed by atoms with E-state index in [0.29, 0.717) is 12.5 Å². The van der Waals surface area contributed by atoms with Gasteiger partial charge in [0.15, 0.2) is 0 Å². The molecule has 0 aromatic rings. The first kappa shape index (κ1) is 12.4. The summed E-state index contributed by atoms with van der Waals surface area (Å²) >= 11 is 0. The summed E-state index contributed by atoms with van der Waals surface area (Å²) in [5.74, 6) is 1.07. The Morgan fingerprint density at radius 2 is 2.29 bits per heavy atom. The van der Waals surface area contributed by atoms with Crippen LogP contribution >= 0.6 is 0 Å². The highest BCUT2D eigenvalue weighted by Gasteiger charge is 2.42. The molecule has 1 saturated carbocycles. The second-order valence-corrected chi connectivity index (χ2v) is 5.29. The number of allylic oxidation sites excluding steroid dienone is 1. The number of rotatable bonds is 4. The van der Waals surface area contributed by atoms with Crippen LogP contribution in [0, 0.1) is 5.92 Å². The molecule has 1 heterocycles. The molecule has 2 aliphatic rings. The molecule has 1 fully saturated rings. The molecule has 0 aromatic carbocycles. The van der Waals surface area contributed by atoms with Crippen molar-refractivity contribution in [1.82, 2.24) is 5.32 Å². The molecule has 0 aromatic heterocycles. The van der Waals surface area contributed by atoms with Gasteiger partial charge < -0.3 is 15.2 Å². The minimum Gasteiger partial charge on any atom is -0.498 e. The summed E-state index contributed by atoms with van der Waals surface area (Å²) in [7, 11) is 0. The van der Waals surface area contributed by atoms with Gasteiger partial charge in [-0.1, -0.05) is 0 Å². The van der Waals surface area contributed by atoms with Crippen molar-refractivity contribution in [1.29, 1.82) is 0 Å². The van der Waals surface area contributed by atoms with E-state index in [1.54, 1.807) is 0 Å². The van der Waals surface area contributed by atoms with Crippen molar-refractivity contribution in [3.63, 3.8) is 0 Å². The predicted molar refractivity (Wildman–Crippen MR) is 64.2 cm³/mol. The average Bonchev–Trinajstić information content (AvgIpc) is 3.13. The highest BCUT2D eigenvalue weighted by Crippen LogP contribution is 2.39. The smallest absolute Gasteiger partial charge is 0.251 e. The van der Waals surface area contributed by atoms with Crippen LogP contribution in [0.2, 0.25) is 0 Å². The lowest BCUT2D eigenvalue weighted by molar-refractivity contribution is -0.120. The molecule has 1 atom stereocenters. The minimum atomic E-state index is -0.470. The Morgan fingerprint density at radius 1 is 1.59 bits per heavy atom. The zero-order valence-electron chi connectivity index (χ0n) is 10.6. The third-order valence-electron chi connectivity index (χ3n) is 3.79. The van der Waals surface area contributed by atoms with Crippen LogP contribution < -0.4 is 5.32 Å². The Balaban J connectivity index is 2.05. The molecule has 0 spiro atoms. The van der Waals surface area contributed by atoms with Gasteiger partial charge in [0.1, 0.15) is 5.76 Å². The SMILES string of the molecule is CC1=C(C(=O)NC(C)(CO)C2CC2)CCCO1. The lowest BCUT2D eigenvalue weighted by Gasteiger charge is -2.30. The fourth-order valence-corrected chi connectivity index (χ4v) is 2.34. The standard InChI is InChI=1S/C13H21NO3/c1-9-11(4-3-7-17-9)12(16)14-13(2,8-15)10-5-6-10/h10,15H,3-8H2,1-2H3,(H,14,16). The number of hydrogen-bond acceptors (Lipinski definition) is 3. The van der Waals surface area contributed by atoms with Crippen LogP contribution in [0.25, 0.3) is 0 Å². The normalized spacial score (nSPS) is 23.9. The molecule has 1 unspecified atom stereocenters. The fraction of sp³-hybridized carbons (Fsp3) is 0.769. The molecule has 0 bridgehead atoms. The van der Waals surface area contributed by atoms with Crippen LogP contribution in [0.15, 0.2) is 11.3 Å². The van der Waals surface area contributed by atoms with Crippen molar-refractivity contribution in [2.24, 2.45) is 5.92 Å². The zero-order valence-corrected chi connectivity index (χ0v) is 10.6. The number of ether oxygens (including phenoxy) is 1. The number of aliphatic hydroxyl groups is 1. The minimum absolute atomic E-state index is 0.00338. The molecule has 0 radical (unpaired) electrons. The van der Waals surface area contributed by atoms with Crippen LogP contribution in [0.3, 0.4) is 0 Å². The third kappa shape index (κ3) is 2.63. The molecule has 2 rings (SSSR count). The van der Waals surface area contributed by atoms with Crippen LogP contribution in [0.5, 0.6) is 0 Å². The van der Waals surface area contributed by atoms with Gasteiger partial charge in [-0.05, 0) is 45.4 Å². The summed E-state index contributed by atoms with van der Waals surface area (Å²) in [5, 5.41) is 12.4. The summed E-state index contributed by atoms with van der Waals surface area (Å²) in [4.78, 5) is 12.2. The van der Waals surface area contributed by atoms with Gasteiger partial charge in [-0.3, -0.25) is 4.79 Å². The Labute approximate surface area is 102 Å². The molecular weight excluding hydrogens is 218 g/mol. The lowest BCUT2D eigenvalue weighted by Crippen LogP contribution is -2.51. The molecule has 2 N–H and O–H groups in total. The van der Waals surface area contributed by atoms with Gasteiger partial charge in [-0.15, -0.1) is 0 Å². The predicted octanol–water partition coefficient (Wildman–Crippen LogP) is 1.35. The maximum atomic E-state index is 12.2. The zero-order chi connectivity index (χ0) is 12.5. The summed E-state index contributed by atoms with van der Waals surface area (Å²) in [5.41, 5.74) is 0.263. The van der Waals surface area contributed by atoms with Crippen molar-refractivity contribution < 1.29 is 14.6 Å². The molecule has 96 valence electrons. The van der Waals surface area contributed by atoms with Crippen molar-refractivity contribution >= 4 is 5.91 Å². The third-order valence-corrected chi connectivity index (χ3v) is 3.79. The van der Waals surface area contributed by atoms with Gasteiger partial charge in [0.25, 0.3) is 5.91 Å².